The molecule has 1 aliphatic heterocycles. The van der Waals surface area contributed by atoms with Crippen LogP contribution in [0.1, 0.15) is 57.7 Å². The van der Waals surface area contributed by atoms with E-state index in [1.807, 2.05) is 50.2 Å². The number of nitrogens with one attached hydrogen (secondary N) is 1. The van der Waals surface area contributed by atoms with Crippen LogP contribution in [-0.4, -0.2) is 55.3 Å². The minimum Gasteiger partial charge on any atom is -0.457 e. The summed E-state index contributed by atoms with van der Waals surface area (Å²) in [6, 6.07) is 16.9. The van der Waals surface area contributed by atoms with Gasteiger partial charge in [0.25, 0.3) is 5.91 Å². The van der Waals surface area contributed by atoms with Crippen molar-refractivity contribution in [1.82, 2.24) is 10.2 Å². The van der Waals surface area contributed by atoms with Crippen LogP contribution in [0.3, 0.4) is 0 Å². The number of ketones is 1. The maximum atomic E-state index is 14.3. The zero-order valence-electron chi connectivity index (χ0n) is 26.2. The normalized spacial score (nSPS) is 21.7. The summed E-state index contributed by atoms with van der Waals surface area (Å²) in [7, 11) is 1.57. The van der Waals surface area contributed by atoms with Crippen LogP contribution in [0.25, 0.3) is 10.1 Å². The summed E-state index contributed by atoms with van der Waals surface area (Å²) >= 11 is 1.21. The number of hydrogen-bond donors (Lipinski definition) is 4. The number of aryl methyl sites for hydroxylation is 1. The third kappa shape index (κ3) is 5.43. The molecule has 0 bridgehead atoms. The molecule has 7 N–H and O–H groups in total. The van der Waals surface area contributed by atoms with Crippen molar-refractivity contribution in [2.24, 2.45) is 17.4 Å². The van der Waals surface area contributed by atoms with E-state index in [0.29, 0.717) is 68.5 Å². The van der Waals surface area contributed by atoms with E-state index >= 15 is 0 Å². The first-order chi connectivity index (χ1) is 22.0. The number of amides is 2. The molecule has 4 atom stereocenters. The zero-order chi connectivity index (χ0) is 32.7. The van der Waals surface area contributed by atoms with Gasteiger partial charge < -0.3 is 36.9 Å². The fourth-order valence-electron chi connectivity index (χ4n) is 6.77. The minimum absolute atomic E-state index is 0.00275. The number of anilines is 1. The SMILES string of the molecule is COCC(C)C(=O)N1CCC[C@@H](NC(=O)c2sc3c(N)ccc4c3c2C(N)C(=O)C4(N)c2ccc(Oc3ccccc3)cc2C)C1. The lowest BCUT2D eigenvalue weighted by molar-refractivity contribution is -0.138. The summed E-state index contributed by atoms with van der Waals surface area (Å²) in [5.74, 6) is 0.256. The molecular weight excluding hydrogens is 602 g/mol. The molecule has 0 saturated carbocycles. The van der Waals surface area contributed by atoms with Gasteiger partial charge in [-0.2, -0.15) is 0 Å². The van der Waals surface area contributed by atoms with E-state index in [2.05, 4.69) is 5.32 Å². The number of nitrogens with two attached hydrogens (primary N) is 3. The highest BCUT2D eigenvalue weighted by atomic mass is 32.1. The second-order valence-electron chi connectivity index (χ2n) is 12.2. The predicted octanol–water partition coefficient (Wildman–Crippen LogP) is 4.37. The number of hydrogen-bond acceptors (Lipinski definition) is 9. The first-order valence-corrected chi connectivity index (χ1v) is 16.2. The van der Waals surface area contributed by atoms with Crippen molar-refractivity contribution in [3.8, 4) is 11.5 Å². The molecule has 3 unspecified atom stereocenters. The Kier molecular flexibility index (Phi) is 8.60. The zero-order valence-corrected chi connectivity index (χ0v) is 27.0. The molecule has 6 rings (SSSR count). The lowest BCUT2D eigenvalue weighted by Crippen LogP contribution is -2.53. The van der Waals surface area contributed by atoms with E-state index in [0.717, 1.165) is 18.4 Å². The van der Waals surface area contributed by atoms with E-state index in [1.165, 1.54) is 11.3 Å². The van der Waals surface area contributed by atoms with E-state index in [-0.39, 0.29) is 23.8 Å². The highest BCUT2D eigenvalue weighted by Crippen LogP contribution is 2.50. The number of piperidine rings is 1. The summed E-state index contributed by atoms with van der Waals surface area (Å²) < 4.78 is 11.8. The van der Waals surface area contributed by atoms with Crippen molar-refractivity contribution in [3.63, 3.8) is 0 Å². The van der Waals surface area contributed by atoms with Crippen LogP contribution in [0.4, 0.5) is 5.69 Å². The molecule has 2 amide bonds. The maximum absolute atomic E-state index is 14.3. The van der Waals surface area contributed by atoms with E-state index in [9.17, 15) is 14.4 Å². The van der Waals surface area contributed by atoms with Gasteiger partial charge in [0, 0.05) is 42.9 Å². The first-order valence-electron chi connectivity index (χ1n) is 15.4. The number of nitrogen functional groups attached to an aromatic ring is 1. The average Bonchev–Trinajstić information content (AvgIpc) is 3.46. The fraction of sp³-hybridized carbons (Fsp3) is 0.343. The molecule has 0 radical (unpaired) electrons. The first kappa shape index (κ1) is 31.7. The number of carbonyl (C=O) groups excluding carboxylic acids is 3. The Balaban J connectivity index is 1.34. The fourth-order valence-corrected chi connectivity index (χ4v) is 7.98. The van der Waals surface area contributed by atoms with Crippen LogP contribution in [0.2, 0.25) is 0 Å². The number of methoxy groups -OCH3 is 1. The maximum Gasteiger partial charge on any atom is 0.262 e. The molecule has 3 aromatic carbocycles. The summed E-state index contributed by atoms with van der Waals surface area (Å²) in [6.45, 7) is 5.07. The molecular formula is C35H39N5O5S. The highest BCUT2D eigenvalue weighted by molar-refractivity contribution is 7.21. The van der Waals surface area contributed by atoms with Gasteiger partial charge in [0.2, 0.25) is 5.91 Å². The van der Waals surface area contributed by atoms with E-state index < -0.39 is 17.4 Å². The Labute approximate surface area is 271 Å². The number of likely N-dealkylation sites (tertiary alicyclic amines) is 1. The molecule has 2 aliphatic rings. The van der Waals surface area contributed by atoms with Gasteiger partial charge in [-0.1, -0.05) is 37.3 Å². The molecule has 0 spiro atoms. The quantitative estimate of drug-likeness (QED) is 0.206. The van der Waals surface area contributed by atoms with Crippen LogP contribution >= 0.6 is 11.3 Å². The predicted molar refractivity (Wildman–Crippen MR) is 179 cm³/mol. The summed E-state index contributed by atoms with van der Waals surface area (Å²) in [5, 5.41) is 3.75. The van der Waals surface area contributed by atoms with Crippen LogP contribution in [-0.2, 0) is 19.9 Å². The van der Waals surface area contributed by atoms with Gasteiger partial charge >= 0.3 is 0 Å². The smallest absolute Gasteiger partial charge is 0.262 e. The van der Waals surface area contributed by atoms with Gasteiger partial charge in [-0.25, -0.2) is 0 Å². The van der Waals surface area contributed by atoms with Gasteiger partial charge in [-0.05, 0) is 66.8 Å². The van der Waals surface area contributed by atoms with Gasteiger partial charge in [0.15, 0.2) is 5.78 Å². The van der Waals surface area contributed by atoms with Crippen LogP contribution in [0.5, 0.6) is 11.5 Å². The largest absolute Gasteiger partial charge is 0.457 e. The Morgan fingerprint density at radius 3 is 2.57 bits per heavy atom. The van der Waals surface area contributed by atoms with Crippen molar-refractivity contribution in [3.05, 3.63) is 87.8 Å². The standard InChI is InChI=1S/C35H39N5O5S/c1-19-16-23(45-22-9-5-4-6-10-22)11-12-24(19)35(38)25-13-14-26(36)30-27(25)28(29(37)32(35)41)31(46-30)33(42)39-21-8-7-15-40(17-21)34(43)20(2)18-44-3/h4-6,9-14,16,20-21,29H,7-8,15,17-18,36-38H2,1-3H3,(H,39,42)/t20?,21-,29?,35?/m1/s1. The number of benzene rings is 3. The third-order valence-corrected chi connectivity index (χ3v) is 10.3. The number of para-hydroxylation sites is 1. The Morgan fingerprint density at radius 2 is 1.85 bits per heavy atom. The van der Waals surface area contributed by atoms with Crippen LogP contribution in [0.15, 0.2) is 60.7 Å². The van der Waals surface area contributed by atoms with Crippen LogP contribution < -0.4 is 27.3 Å². The molecule has 1 aromatic heterocycles. The topological polar surface area (TPSA) is 163 Å². The Bertz CT molecular complexity index is 1830. The molecule has 1 aliphatic carbocycles. The molecule has 46 heavy (non-hydrogen) atoms. The average molecular weight is 642 g/mol. The summed E-state index contributed by atoms with van der Waals surface area (Å²) in [6.07, 6.45) is 1.48. The van der Waals surface area contributed by atoms with Crippen molar-refractivity contribution < 1.29 is 23.9 Å². The molecule has 10 nitrogen and oxygen atoms in total. The minimum atomic E-state index is -1.58. The second-order valence-corrected chi connectivity index (χ2v) is 13.3. The van der Waals surface area contributed by atoms with Crippen molar-refractivity contribution >= 4 is 44.7 Å². The van der Waals surface area contributed by atoms with E-state index in [1.54, 1.807) is 36.3 Å². The molecule has 240 valence electrons. The number of rotatable bonds is 8. The molecule has 1 fully saturated rings. The van der Waals surface area contributed by atoms with Crippen molar-refractivity contribution in [2.45, 2.75) is 44.3 Å². The third-order valence-electron chi connectivity index (χ3n) is 9.03. The highest BCUT2D eigenvalue weighted by Gasteiger charge is 2.49. The van der Waals surface area contributed by atoms with Gasteiger partial charge in [-0.3, -0.25) is 14.4 Å². The Morgan fingerprint density at radius 1 is 1.11 bits per heavy atom. The van der Waals surface area contributed by atoms with Gasteiger partial charge in [0.05, 0.1) is 28.1 Å². The monoisotopic (exact) mass is 641 g/mol. The van der Waals surface area contributed by atoms with Gasteiger partial charge in [0.1, 0.15) is 17.0 Å². The number of thiophene rings is 1. The lowest BCUT2D eigenvalue weighted by Gasteiger charge is -2.37. The number of Topliss-reactive ketones (excluding diaryl/α,β-unsaturated/α-hetero) is 1. The molecule has 2 heterocycles. The van der Waals surface area contributed by atoms with Crippen molar-refractivity contribution in [2.75, 3.05) is 32.5 Å². The lowest BCUT2D eigenvalue weighted by atomic mass is 9.69. The Hall–Kier alpha value is -4.29. The number of nitrogens with zero attached hydrogens (tertiary/aromatic N) is 1. The second kappa shape index (κ2) is 12.5. The van der Waals surface area contributed by atoms with Crippen molar-refractivity contribution in [1.29, 1.82) is 0 Å². The summed E-state index contributed by atoms with van der Waals surface area (Å²) in [4.78, 5) is 43.2. The summed E-state index contributed by atoms with van der Waals surface area (Å²) in [5.41, 5.74) is 21.5. The molecule has 1 saturated heterocycles. The molecule has 4 aromatic rings. The van der Waals surface area contributed by atoms with Gasteiger partial charge in [-0.15, -0.1) is 11.3 Å². The van der Waals surface area contributed by atoms with Crippen LogP contribution in [0, 0.1) is 12.8 Å². The van der Waals surface area contributed by atoms with E-state index in [4.69, 9.17) is 26.7 Å². The number of ether oxygens (including phenoxy) is 2. The number of carbonyl (C=O) groups is 3. The molecule has 11 heteroatoms.